The number of nitrogens with zero attached hydrogens (tertiary/aromatic N) is 1. The van der Waals surface area contributed by atoms with Gasteiger partial charge in [-0.2, -0.15) is 0 Å². The van der Waals surface area contributed by atoms with E-state index in [1.165, 1.54) is 0 Å². The van der Waals surface area contributed by atoms with Gasteiger partial charge in [0.15, 0.2) is 0 Å². The summed E-state index contributed by atoms with van der Waals surface area (Å²) in [6.07, 6.45) is 1.65. The minimum absolute atomic E-state index is 0.0484. The molecule has 0 saturated carbocycles. The van der Waals surface area contributed by atoms with Crippen molar-refractivity contribution in [1.82, 2.24) is 10.2 Å². The monoisotopic (exact) mass is 476 g/mol. The Morgan fingerprint density at radius 2 is 1.73 bits per heavy atom. The maximum Gasteiger partial charge on any atom is 0.411 e. The smallest absolute Gasteiger partial charge is 0.411 e. The molecule has 184 valence electrons. The van der Waals surface area contributed by atoms with Crippen molar-refractivity contribution in [3.05, 3.63) is 47.7 Å². The van der Waals surface area contributed by atoms with Crippen LogP contribution in [0.3, 0.4) is 0 Å². The summed E-state index contributed by atoms with van der Waals surface area (Å²) in [5.41, 5.74) is 0.333. The molecule has 0 fully saturated rings. The van der Waals surface area contributed by atoms with E-state index in [1.54, 1.807) is 4.90 Å². The van der Waals surface area contributed by atoms with Crippen molar-refractivity contribution in [3.8, 4) is 0 Å². The van der Waals surface area contributed by atoms with E-state index in [9.17, 15) is 9.59 Å². The van der Waals surface area contributed by atoms with Crippen LogP contribution in [0.5, 0.6) is 0 Å². The van der Waals surface area contributed by atoms with Gasteiger partial charge in [-0.05, 0) is 57.0 Å². The standard InChI is InChI=1S/C25H40N2O5Si/c1-24(2,3)31-23(29)27-17-21(32-33(7,8)25(4,5)6)16-20(27)14-15-26-22(28)30-18-19-12-10-9-11-13-19/h9-13,16,20H,14-15,17-18H2,1-8H3,(H,26,28). The van der Waals surface area contributed by atoms with E-state index in [0.29, 0.717) is 19.5 Å². The van der Waals surface area contributed by atoms with Crippen LogP contribution in [0.15, 0.2) is 42.2 Å². The fourth-order valence-electron chi connectivity index (χ4n) is 3.05. The van der Waals surface area contributed by atoms with Crippen LogP contribution >= 0.6 is 0 Å². The zero-order chi connectivity index (χ0) is 24.9. The van der Waals surface area contributed by atoms with Crippen LogP contribution in [0, 0.1) is 0 Å². The minimum Gasteiger partial charge on any atom is -0.545 e. The van der Waals surface area contributed by atoms with Gasteiger partial charge in [-0.3, -0.25) is 4.90 Å². The first-order valence-electron chi connectivity index (χ1n) is 11.5. The van der Waals surface area contributed by atoms with Crippen molar-refractivity contribution in [2.24, 2.45) is 0 Å². The van der Waals surface area contributed by atoms with E-state index in [1.807, 2.05) is 57.2 Å². The predicted octanol–water partition coefficient (Wildman–Crippen LogP) is 5.83. The first-order valence-corrected chi connectivity index (χ1v) is 14.4. The van der Waals surface area contributed by atoms with Gasteiger partial charge in [0.1, 0.15) is 12.2 Å². The zero-order valence-corrected chi connectivity index (χ0v) is 22.4. The van der Waals surface area contributed by atoms with Crippen molar-refractivity contribution in [2.75, 3.05) is 13.1 Å². The number of carbonyl (C=O) groups is 2. The van der Waals surface area contributed by atoms with Crippen LogP contribution in [0.1, 0.15) is 53.5 Å². The second-order valence-corrected chi connectivity index (χ2v) is 15.7. The van der Waals surface area contributed by atoms with Gasteiger partial charge in [0, 0.05) is 6.54 Å². The number of hydrogen-bond donors (Lipinski definition) is 1. The lowest BCUT2D eigenvalue weighted by atomic mass is 10.2. The van der Waals surface area contributed by atoms with Crippen molar-refractivity contribution in [1.29, 1.82) is 0 Å². The number of amides is 2. The Hall–Kier alpha value is -2.48. The predicted molar refractivity (Wildman–Crippen MR) is 132 cm³/mol. The summed E-state index contributed by atoms with van der Waals surface area (Å²) >= 11 is 0. The normalized spacial score (nSPS) is 16.8. The molecule has 2 amide bonds. The Morgan fingerprint density at radius 3 is 2.30 bits per heavy atom. The molecule has 1 N–H and O–H groups in total. The molecule has 0 spiro atoms. The summed E-state index contributed by atoms with van der Waals surface area (Å²) in [7, 11) is -2.04. The lowest BCUT2D eigenvalue weighted by Gasteiger charge is -2.37. The summed E-state index contributed by atoms with van der Waals surface area (Å²) in [4.78, 5) is 26.6. The molecule has 8 heteroatoms. The summed E-state index contributed by atoms with van der Waals surface area (Å²) in [5, 5.41) is 2.82. The van der Waals surface area contributed by atoms with Crippen LogP contribution in [-0.2, 0) is 20.5 Å². The molecule has 0 radical (unpaired) electrons. The van der Waals surface area contributed by atoms with E-state index < -0.39 is 20.0 Å². The van der Waals surface area contributed by atoms with Gasteiger partial charge in [-0.25, -0.2) is 9.59 Å². The molecule has 33 heavy (non-hydrogen) atoms. The summed E-state index contributed by atoms with van der Waals surface area (Å²) in [6.45, 7) is 17.4. The SMILES string of the molecule is CC(C)(C)OC(=O)N1CC(O[Si](C)(C)C(C)(C)C)=CC1CCNC(=O)OCc1ccccc1. The average molecular weight is 477 g/mol. The number of rotatable bonds is 7. The Bertz CT molecular complexity index is 841. The number of carbonyl (C=O) groups excluding carboxylic acids is 2. The summed E-state index contributed by atoms with van der Waals surface area (Å²) < 4.78 is 17.3. The molecule has 0 aromatic heterocycles. The van der Waals surface area contributed by atoms with Gasteiger partial charge < -0.3 is 19.2 Å². The lowest BCUT2D eigenvalue weighted by Crippen LogP contribution is -2.43. The molecule has 1 aromatic carbocycles. The van der Waals surface area contributed by atoms with Gasteiger partial charge in [0.25, 0.3) is 0 Å². The summed E-state index contributed by atoms with van der Waals surface area (Å²) in [6, 6.07) is 9.29. The molecular weight excluding hydrogens is 436 g/mol. The molecule has 1 unspecified atom stereocenters. The highest BCUT2D eigenvalue weighted by Crippen LogP contribution is 2.39. The highest BCUT2D eigenvalue weighted by Gasteiger charge is 2.42. The number of ether oxygens (including phenoxy) is 2. The maximum atomic E-state index is 12.8. The maximum absolute atomic E-state index is 12.8. The quantitative estimate of drug-likeness (QED) is 0.501. The number of benzene rings is 1. The highest BCUT2D eigenvalue weighted by atomic mass is 28.4. The van der Waals surface area contributed by atoms with E-state index >= 15 is 0 Å². The van der Waals surface area contributed by atoms with Crippen molar-refractivity contribution in [3.63, 3.8) is 0 Å². The highest BCUT2D eigenvalue weighted by molar-refractivity contribution is 6.74. The Balaban J connectivity index is 1.98. The largest absolute Gasteiger partial charge is 0.545 e. The van der Waals surface area contributed by atoms with E-state index in [0.717, 1.165) is 11.3 Å². The second kappa shape index (κ2) is 10.6. The molecule has 1 aromatic rings. The third-order valence-corrected chi connectivity index (χ3v) is 10.2. The topological polar surface area (TPSA) is 77.1 Å². The van der Waals surface area contributed by atoms with Gasteiger partial charge in [0.05, 0.1) is 18.3 Å². The molecule has 0 aliphatic carbocycles. The second-order valence-electron chi connectivity index (χ2n) is 10.9. The third-order valence-electron chi connectivity index (χ3n) is 5.85. The molecule has 1 aliphatic rings. The number of alkyl carbamates (subject to hydrolysis) is 1. The molecule has 1 atom stereocenters. The molecule has 7 nitrogen and oxygen atoms in total. The Kier molecular flexibility index (Phi) is 8.62. The number of hydrogen-bond acceptors (Lipinski definition) is 5. The Morgan fingerprint density at radius 1 is 1.09 bits per heavy atom. The number of nitrogens with one attached hydrogen (secondary N) is 1. The zero-order valence-electron chi connectivity index (χ0n) is 21.4. The van der Waals surface area contributed by atoms with E-state index in [4.69, 9.17) is 13.9 Å². The molecule has 0 bridgehead atoms. The van der Waals surface area contributed by atoms with Gasteiger partial charge in [-0.1, -0.05) is 51.1 Å². The fourth-order valence-corrected chi connectivity index (χ4v) is 4.14. The van der Waals surface area contributed by atoms with E-state index in [2.05, 4.69) is 39.2 Å². The van der Waals surface area contributed by atoms with Crippen LogP contribution in [-0.4, -0.2) is 50.1 Å². The van der Waals surface area contributed by atoms with Crippen LogP contribution in [0.4, 0.5) is 9.59 Å². The van der Waals surface area contributed by atoms with Gasteiger partial charge >= 0.3 is 12.2 Å². The van der Waals surface area contributed by atoms with Crippen LogP contribution < -0.4 is 5.32 Å². The first kappa shape index (κ1) is 26.8. The summed E-state index contributed by atoms with van der Waals surface area (Å²) in [5.74, 6) is 0.795. The van der Waals surface area contributed by atoms with Crippen molar-refractivity contribution >= 4 is 20.5 Å². The van der Waals surface area contributed by atoms with Crippen molar-refractivity contribution in [2.45, 2.75) is 84.3 Å². The molecule has 2 rings (SSSR count). The first-order chi connectivity index (χ1) is 15.2. The Labute approximate surface area is 199 Å². The molecule has 1 heterocycles. The van der Waals surface area contributed by atoms with Crippen molar-refractivity contribution < 1.29 is 23.5 Å². The molecule has 1 aliphatic heterocycles. The van der Waals surface area contributed by atoms with E-state index in [-0.39, 0.29) is 23.8 Å². The van der Waals surface area contributed by atoms with Gasteiger partial charge in [-0.15, -0.1) is 0 Å². The lowest BCUT2D eigenvalue weighted by molar-refractivity contribution is 0.0225. The minimum atomic E-state index is -2.04. The molecule has 0 saturated heterocycles. The average Bonchev–Trinajstić information content (AvgIpc) is 3.07. The van der Waals surface area contributed by atoms with Gasteiger partial charge in [0.2, 0.25) is 8.32 Å². The van der Waals surface area contributed by atoms with Crippen LogP contribution in [0.25, 0.3) is 0 Å². The molecular formula is C25H40N2O5Si. The van der Waals surface area contributed by atoms with Crippen LogP contribution in [0.2, 0.25) is 18.1 Å². The third kappa shape index (κ3) is 8.42. The fraction of sp³-hybridized carbons (Fsp3) is 0.600.